The summed E-state index contributed by atoms with van der Waals surface area (Å²) in [6.07, 6.45) is 6.93. The van der Waals surface area contributed by atoms with Gasteiger partial charge in [0.1, 0.15) is 0 Å². The van der Waals surface area contributed by atoms with Crippen molar-refractivity contribution in [2.75, 3.05) is 6.54 Å². The first kappa shape index (κ1) is 11.5. The van der Waals surface area contributed by atoms with E-state index in [4.69, 9.17) is 5.73 Å². The molecule has 1 amide bonds. The molecule has 1 aliphatic heterocycles. The first-order chi connectivity index (χ1) is 8.15. The average Bonchev–Trinajstić information content (AvgIpc) is 2.89. The lowest BCUT2D eigenvalue weighted by molar-refractivity contribution is -0.140. The topological polar surface area (TPSA) is 46.3 Å². The van der Waals surface area contributed by atoms with Crippen LogP contribution >= 0.6 is 0 Å². The lowest BCUT2D eigenvalue weighted by atomic mass is 9.77. The fourth-order valence-corrected chi connectivity index (χ4v) is 4.21. The number of likely N-dealkylation sites (tertiary alicyclic amines) is 1. The fourth-order valence-electron chi connectivity index (χ4n) is 4.21. The largest absolute Gasteiger partial charge is 0.339 e. The van der Waals surface area contributed by atoms with E-state index in [-0.39, 0.29) is 5.92 Å². The maximum Gasteiger partial charge on any atom is 0.226 e. The standard InChI is InChI=1S/C14H24N2O/c1-9-6-11(15)3-5-13(9)14(17)16-8-10-2-4-12(16)7-10/h9-13H,2-8,15H2,1H3. The fraction of sp³-hybridized carbons (Fsp3) is 0.929. The Labute approximate surface area is 104 Å². The number of nitrogens with two attached hydrogens (primary N) is 1. The van der Waals surface area contributed by atoms with Crippen LogP contribution in [0.25, 0.3) is 0 Å². The summed E-state index contributed by atoms with van der Waals surface area (Å²) in [5, 5.41) is 0. The maximum absolute atomic E-state index is 12.6. The zero-order valence-electron chi connectivity index (χ0n) is 10.8. The zero-order chi connectivity index (χ0) is 12.0. The second-order valence-electron chi connectivity index (χ2n) is 6.48. The average molecular weight is 236 g/mol. The second-order valence-corrected chi connectivity index (χ2v) is 6.48. The Bertz CT molecular complexity index is 317. The molecule has 1 heterocycles. The van der Waals surface area contributed by atoms with Crippen molar-refractivity contribution in [3.8, 4) is 0 Å². The van der Waals surface area contributed by atoms with Crippen molar-refractivity contribution in [3.05, 3.63) is 0 Å². The molecule has 2 aliphatic carbocycles. The van der Waals surface area contributed by atoms with Gasteiger partial charge in [-0.3, -0.25) is 4.79 Å². The number of rotatable bonds is 1. The number of carbonyl (C=O) groups excluding carboxylic acids is 1. The van der Waals surface area contributed by atoms with E-state index in [9.17, 15) is 4.79 Å². The van der Waals surface area contributed by atoms with Crippen molar-refractivity contribution in [1.82, 2.24) is 4.90 Å². The Hall–Kier alpha value is -0.570. The van der Waals surface area contributed by atoms with Gasteiger partial charge in [-0.15, -0.1) is 0 Å². The van der Waals surface area contributed by atoms with E-state index in [1.165, 1.54) is 19.3 Å². The van der Waals surface area contributed by atoms with Gasteiger partial charge in [0.25, 0.3) is 0 Å². The van der Waals surface area contributed by atoms with Crippen molar-refractivity contribution < 1.29 is 4.79 Å². The highest BCUT2D eigenvalue weighted by molar-refractivity contribution is 5.80. The van der Waals surface area contributed by atoms with Gasteiger partial charge >= 0.3 is 0 Å². The molecule has 17 heavy (non-hydrogen) atoms. The molecule has 2 bridgehead atoms. The molecule has 0 aromatic rings. The molecular formula is C14H24N2O. The predicted molar refractivity (Wildman–Crippen MR) is 67.3 cm³/mol. The molecule has 3 fully saturated rings. The SMILES string of the molecule is CC1CC(N)CCC1C(=O)N1CC2CCC1C2. The molecule has 0 aromatic carbocycles. The van der Waals surface area contributed by atoms with Crippen LogP contribution in [0.2, 0.25) is 0 Å². The van der Waals surface area contributed by atoms with E-state index in [2.05, 4.69) is 11.8 Å². The monoisotopic (exact) mass is 236 g/mol. The van der Waals surface area contributed by atoms with Gasteiger partial charge in [0.05, 0.1) is 0 Å². The molecule has 5 atom stereocenters. The summed E-state index contributed by atoms with van der Waals surface area (Å²) in [6.45, 7) is 3.24. The van der Waals surface area contributed by atoms with Gasteiger partial charge in [0.15, 0.2) is 0 Å². The van der Waals surface area contributed by atoms with Crippen LogP contribution in [0.3, 0.4) is 0 Å². The molecule has 2 N–H and O–H groups in total. The Balaban J connectivity index is 1.66. The summed E-state index contributed by atoms with van der Waals surface area (Å²) in [5.74, 6) is 1.99. The quantitative estimate of drug-likeness (QED) is 0.754. The van der Waals surface area contributed by atoms with E-state index in [0.29, 0.717) is 23.9 Å². The van der Waals surface area contributed by atoms with Crippen LogP contribution in [0.15, 0.2) is 0 Å². The van der Waals surface area contributed by atoms with Crippen LogP contribution in [0.1, 0.15) is 45.4 Å². The van der Waals surface area contributed by atoms with Gasteiger partial charge in [0.2, 0.25) is 5.91 Å². The molecule has 2 saturated carbocycles. The molecule has 0 spiro atoms. The minimum atomic E-state index is 0.258. The maximum atomic E-state index is 12.6. The molecule has 0 aromatic heterocycles. The van der Waals surface area contributed by atoms with Crippen molar-refractivity contribution in [3.63, 3.8) is 0 Å². The van der Waals surface area contributed by atoms with E-state index < -0.39 is 0 Å². The first-order valence-electron chi connectivity index (χ1n) is 7.21. The van der Waals surface area contributed by atoms with Gasteiger partial charge in [-0.2, -0.15) is 0 Å². The summed E-state index contributed by atoms with van der Waals surface area (Å²) in [6, 6.07) is 0.902. The molecule has 96 valence electrons. The minimum Gasteiger partial charge on any atom is -0.339 e. The molecule has 3 aliphatic rings. The highest BCUT2D eigenvalue weighted by Crippen LogP contribution is 2.40. The molecule has 3 rings (SSSR count). The van der Waals surface area contributed by atoms with Gasteiger partial charge in [0, 0.05) is 24.5 Å². The molecule has 3 heteroatoms. The van der Waals surface area contributed by atoms with Gasteiger partial charge in [-0.25, -0.2) is 0 Å². The lowest BCUT2D eigenvalue weighted by Gasteiger charge is -2.37. The van der Waals surface area contributed by atoms with Crippen LogP contribution in [0.4, 0.5) is 0 Å². The van der Waals surface area contributed by atoms with Crippen molar-refractivity contribution >= 4 is 5.91 Å². The van der Waals surface area contributed by atoms with Crippen molar-refractivity contribution in [2.45, 2.75) is 57.5 Å². The Kier molecular flexibility index (Phi) is 2.89. The number of amides is 1. The second kappa shape index (κ2) is 4.27. The molecule has 0 radical (unpaired) electrons. The minimum absolute atomic E-state index is 0.258. The summed E-state index contributed by atoms with van der Waals surface area (Å²) >= 11 is 0. The van der Waals surface area contributed by atoms with Crippen LogP contribution in [0, 0.1) is 17.8 Å². The number of nitrogens with zero attached hydrogens (tertiary/aromatic N) is 1. The number of fused-ring (bicyclic) bond motifs is 2. The third-order valence-electron chi connectivity index (χ3n) is 5.22. The van der Waals surface area contributed by atoms with Gasteiger partial charge < -0.3 is 10.6 Å². The number of piperidine rings is 1. The van der Waals surface area contributed by atoms with E-state index >= 15 is 0 Å². The Morgan fingerprint density at radius 1 is 1.18 bits per heavy atom. The third-order valence-corrected chi connectivity index (χ3v) is 5.22. The van der Waals surface area contributed by atoms with Crippen molar-refractivity contribution in [2.24, 2.45) is 23.5 Å². The molecular weight excluding hydrogens is 212 g/mol. The van der Waals surface area contributed by atoms with Crippen LogP contribution < -0.4 is 5.73 Å². The van der Waals surface area contributed by atoms with E-state index in [1.807, 2.05) is 0 Å². The van der Waals surface area contributed by atoms with E-state index in [1.54, 1.807) is 0 Å². The highest BCUT2D eigenvalue weighted by Gasteiger charge is 2.43. The number of carbonyl (C=O) groups is 1. The van der Waals surface area contributed by atoms with E-state index in [0.717, 1.165) is 31.7 Å². The summed E-state index contributed by atoms with van der Waals surface area (Å²) in [5.41, 5.74) is 5.98. The molecule has 1 saturated heterocycles. The Morgan fingerprint density at radius 3 is 2.59 bits per heavy atom. The third kappa shape index (κ3) is 1.99. The first-order valence-corrected chi connectivity index (χ1v) is 7.21. The van der Waals surface area contributed by atoms with Gasteiger partial charge in [-0.1, -0.05) is 6.92 Å². The lowest BCUT2D eigenvalue weighted by Crippen LogP contribution is -2.46. The highest BCUT2D eigenvalue weighted by atomic mass is 16.2. The summed E-state index contributed by atoms with van der Waals surface area (Å²) < 4.78 is 0. The Morgan fingerprint density at radius 2 is 2.00 bits per heavy atom. The van der Waals surface area contributed by atoms with Crippen LogP contribution in [-0.4, -0.2) is 29.4 Å². The zero-order valence-corrected chi connectivity index (χ0v) is 10.8. The predicted octanol–water partition coefficient (Wildman–Crippen LogP) is 1.76. The van der Waals surface area contributed by atoms with Crippen molar-refractivity contribution in [1.29, 1.82) is 0 Å². The summed E-state index contributed by atoms with van der Waals surface area (Å²) in [7, 11) is 0. The molecule has 5 unspecified atom stereocenters. The number of hydrogen-bond acceptors (Lipinski definition) is 2. The smallest absolute Gasteiger partial charge is 0.226 e. The van der Waals surface area contributed by atoms with Crippen LogP contribution in [0.5, 0.6) is 0 Å². The van der Waals surface area contributed by atoms with Gasteiger partial charge in [-0.05, 0) is 50.4 Å². The summed E-state index contributed by atoms with van der Waals surface area (Å²) in [4.78, 5) is 14.8. The number of hydrogen-bond donors (Lipinski definition) is 1. The normalized spacial score (nSPS) is 45.3. The van der Waals surface area contributed by atoms with Crippen LogP contribution in [-0.2, 0) is 4.79 Å². The molecule has 3 nitrogen and oxygen atoms in total.